The first kappa shape index (κ1) is 20.5. The zero-order valence-corrected chi connectivity index (χ0v) is 16.8. The van der Waals surface area contributed by atoms with Crippen LogP contribution in [0.5, 0.6) is 0 Å². The fourth-order valence-corrected chi connectivity index (χ4v) is 3.78. The SMILES string of the molecule is O=C(NCc1ccc(-n2ccnc2)c(F)c1)c1cc([N+](=O)[O-])ccc1N1CCCCC1. The van der Waals surface area contributed by atoms with Crippen LogP contribution in [-0.4, -0.2) is 33.5 Å². The summed E-state index contributed by atoms with van der Waals surface area (Å²) in [5.41, 5.74) is 1.75. The number of imidazole rings is 1. The number of carbonyl (C=O) groups excluding carboxylic acids is 1. The van der Waals surface area contributed by atoms with E-state index in [9.17, 15) is 19.3 Å². The fourth-order valence-electron chi connectivity index (χ4n) is 3.78. The van der Waals surface area contributed by atoms with Crippen LogP contribution < -0.4 is 10.2 Å². The normalized spacial score (nSPS) is 13.8. The summed E-state index contributed by atoms with van der Waals surface area (Å²) in [6.45, 7) is 1.71. The van der Waals surface area contributed by atoms with Crippen molar-refractivity contribution in [2.75, 3.05) is 18.0 Å². The molecule has 0 spiro atoms. The second-order valence-electron chi connectivity index (χ2n) is 7.44. The van der Waals surface area contributed by atoms with Gasteiger partial charge in [0.2, 0.25) is 0 Å². The number of hydrogen-bond acceptors (Lipinski definition) is 5. The average molecular weight is 423 g/mol. The van der Waals surface area contributed by atoms with Gasteiger partial charge in [0.1, 0.15) is 5.82 Å². The maximum atomic E-state index is 14.5. The molecule has 1 N–H and O–H groups in total. The van der Waals surface area contributed by atoms with Crippen molar-refractivity contribution < 1.29 is 14.1 Å². The highest BCUT2D eigenvalue weighted by atomic mass is 19.1. The van der Waals surface area contributed by atoms with Crippen LogP contribution in [0.1, 0.15) is 35.2 Å². The molecule has 1 fully saturated rings. The molecule has 0 aliphatic carbocycles. The number of nitro benzene ring substituents is 1. The van der Waals surface area contributed by atoms with Crippen molar-refractivity contribution >= 4 is 17.3 Å². The van der Waals surface area contributed by atoms with Crippen molar-refractivity contribution in [2.45, 2.75) is 25.8 Å². The van der Waals surface area contributed by atoms with E-state index in [4.69, 9.17) is 0 Å². The number of hydrogen-bond donors (Lipinski definition) is 1. The van der Waals surface area contributed by atoms with E-state index in [1.54, 1.807) is 35.2 Å². The monoisotopic (exact) mass is 423 g/mol. The lowest BCUT2D eigenvalue weighted by Gasteiger charge is -2.30. The molecule has 2 heterocycles. The van der Waals surface area contributed by atoms with Gasteiger partial charge in [0.05, 0.1) is 28.2 Å². The Balaban J connectivity index is 1.53. The molecule has 2 aromatic carbocycles. The van der Waals surface area contributed by atoms with Gasteiger partial charge in [-0.2, -0.15) is 0 Å². The second kappa shape index (κ2) is 8.95. The van der Waals surface area contributed by atoms with Crippen LogP contribution in [0.15, 0.2) is 55.1 Å². The first-order valence-corrected chi connectivity index (χ1v) is 10.1. The fraction of sp³-hybridized carbons (Fsp3) is 0.273. The Morgan fingerprint density at radius 3 is 2.58 bits per heavy atom. The molecule has 0 unspecified atom stereocenters. The maximum Gasteiger partial charge on any atom is 0.270 e. The number of anilines is 1. The van der Waals surface area contributed by atoms with Gasteiger partial charge in [-0.15, -0.1) is 0 Å². The van der Waals surface area contributed by atoms with Gasteiger partial charge in [-0.05, 0) is 43.0 Å². The number of nitro groups is 1. The average Bonchev–Trinajstić information content (AvgIpc) is 3.32. The van der Waals surface area contributed by atoms with Crippen LogP contribution in [0, 0.1) is 15.9 Å². The molecule has 8 nitrogen and oxygen atoms in total. The summed E-state index contributed by atoms with van der Waals surface area (Å²) in [6, 6.07) is 9.06. The lowest BCUT2D eigenvalue weighted by molar-refractivity contribution is -0.384. The van der Waals surface area contributed by atoms with Crippen LogP contribution in [0.4, 0.5) is 15.8 Å². The summed E-state index contributed by atoms with van der Waals surface area (Å²) in [7, 11) is 0. The van der Waals surface area contributed by atoms with Crippen LogP contribution in [0.3, 0.4) is 0 Å². The van der Waals surface area contributed by atoms with E-state index >= 15 is 0 Å². The van der Waals surface area contributed by atoms with E-state index in [2.05, 4.69) is 15.2 Å². The molecule has 0 saturated carbocycles. The first-order valence-electron chi connectivity index (χ1n) is 10.1. The Morgan fingerprint density at radius 1 is 1.13 bits per heavy atom. The van der Waals surface area contributed by atoms with Crippen molar-refractivity contribution in [2.24, 2.45) is 0 Å². The lowest BCUT2D eigenvalue weighted by atomic mass is 10.1. The van der Waals surface area contributed by atoms with Gasteiger partial charge < -0.3 is 14.8 Å². The molecule has 1 aliphatic rings. The number of halogens is 1. The maximum absolute atomic E-state index is 14.5. The van der Waals surface area contributed by atoms with Gasteiger partial charge in [0.15, 0.2) is 0 Å². The number of amides is 1. The van der Waals surface area contributed by atoms with Crippen molar-refractivity contribution in [3.05, 3.63) is 82.2 Å². The van der Waals surface area contributed by atoms with E-state index in [0.717, 1.165) is 32.4 Å². The smallest absolute Gasteiger partial charge is 0.270 e. The minimum absolute atomic E-state index is 0.0993. The van der Waals surface area contributed by atoms with E-state index in [-0.39, 0.29) is 17.8 Å². The summed E-state index contributed by atoms with van der Waals surface area (Å²) >= 11 is 0. The predicted octanol–water partition coefficient (Wildman–Crippen LogP) is 3.84. The zero-order chi connectivity index (χ0) is 21.8. The molecule has 31 heavy (non-hydrogen) atoms. The Morgan fingerprint density at radius 2 is 1.90 bits per heavy atom. The Kier molecular flexibility index (Phi) is 5.92. The van der Waals surface area contributed by atoms with Crippen molar-refractivity contribution in [3.8, 4) is 5.69 Å². The first-order chi connectivity index (χ1) is 15.0. The Bertz CT molecular complexity index is 1090. The van der Waals surface area contributed by atoms with E-state index < -0.39 is 16.6 Å². The van der Waals surface area contributed by atoms with Crippen LogP contribution in [0.25, 0.3) is 5.69 Å². The number of piperidine rings is 1. The molecular weight excluding hydrogens is 401 g/mol. The third kappa shape index (κ3) is 4.55. The molecule has 0 bridgehead atoms. The summed E-state index contributed by atoms with van der Waals surface area (Å²) in [4.78, 5) is 29.6. The van der Waals surface area contributed by atoms with Gasteiger partial charge in [-0.1, -0.05) is 6.07 Å². The van der Waals surface area contributed by atoms with Gasteiger partial charge in [-0.25, -0.2) is 9.37 Å². The molecule has 3 aromatic rings. The van der Waals surface area contributed by atoms with Gasteiger partial charge in [-0.3, -0.25) is 14.9 Å². The molecule has 160 valence electrons. The van der Waals surface area contributed by atoms with Crippen LogP contribution in [-0.2, 0) is 6.54 Å². The quantitative estimate of drug-likeness (QED) is 0.480. The molecule has 1 aliphatic heterocycles. The van der Waals surface area contributed by atoms with Crippen molar-refractivity contribution in [1.29, 1.82) is 0 Å². The van der Waals surface area contributed by atoms with Crippen molar-refractivity contribution in [3.63, 3.8) is 0 Å². The summed E-state index contributed by atoms with van der Waals surface area (Å²) in [6.07, 6.45) is 7.87. The number of nitrogens with zero attached hydrogens (tertiary/aromatic N) is 4. The van der Waals surface area contributed by atoms with Crippen LogP contribution >= 0.6 is 0 Å². The standard InChI is InChI=1S/C22H22FN5O3/c23-19-12-16(4-6-21(19)27-11-8-24-15-27)14-25-22(29)18-13-17(28(30)31)5-7-20(18)26-9-2-1-3-10-26/h4-8,11-13,15H,1-3,9-10,14H2,(H,25,29). The minimum atomic E-state index is -0.513. The van der Waals surface area contributed by atoms with Gasteiger partial charge in [0, 0.05) is 44.2 Å². The summed E-state index contributed by atoms with van der Waals surface area (Å²) < 4.78 is 16.0. The molecule has 0 atom stereocenters. The third-order valence-corrected chi connectivity index (χ3v) is 5.38. The molecule has 4 rings (SSSR count). The predicted molar refractivity (Wildman–Crippen MR) is 114 cm³/mol. The highest BCUT2D eigenvalue weighted by Crippen LogP contribution is 2.28. The number of rotatable bonds is 6. The van der Waals surface area contributed by atoms with E-state index in [0.29, 0.717) is 16.9 Å². The Labute approximate surface area is 178 Å². The largest absolute Gasteiger partial charge is 0.371 e. The van der Waals surface area contributed by atoms with Crippen LogP contribution in [0.2, 0.25) is 0 Å². The van der Waals surface area contributed by atoms with E-state index in [1.807, 2.05) is 0 Å². The highest BCUT2D eigenvalue weighted by molar-refractivity contribution is 6.00. The van der Waals surface area contributed by atoms with Gasteiger partial charge in [0.25, 0.3) is 11.6 Å². The van der Waals surface area contributed by atoms with E-state index in [1.165, 1.54) is 24.5 Å². The molecule has 1 aromatic heterocycles. The number of nitrogens with one attached hydrogen (secondary N) is 1. The second-order valence-corrected chi connectivity index (χ2v) is 7.44. The summed E-state index contributed by atoms with van der Waals surface area (Å²) in [5.74, 6) is -0.863. The van der Waals surface area contributed by atoms with Crippen molar-refractivity contribution in [1.82, 2.24) is 14.9 Å². The molecular formula is C22H22FN5O3. The molecule has 1 saturated heterocycles. The number of carbonyl (C=O) groups is 1. The lowest BCUT2D eigenvalue weighted by Crippen LogP contribution is -2.32. The topological polar surface area (TPSA) is 93.3 Å². The highest BCUT2D eigenvalue weighted by Gasteiger charge is 2.22. The number of aromatic nitrogens is 2. The Hall–Kier alpha value is -3.75. The molecule has 0 radical (unpaired) electrons. The zero-order valence-electron chi connectivity index (χ0n) is 16.8. The van der Waals surface area contributed by atoms with Gasteiger partial charge >= 0.3 is 0 Å². The minimum Gasteiger partial charge on any atom is -0.371 e. The summed E-state index contributed by atoms with van der Waals surface area (Å²) in [5, 5.41) is 14.0. The number of benzene rings is 2. The molecule has 9 heteroatoms. The molecule has 1 amide bonds. The third-order valence-electron chi connectivity index (χ3n) is 5.38. The number of non-ortho nitro benzene ring substituents is 1.